The van der Waals surface area contributed by atoms with Crippen LogP contribution in [-0.2, 0) is 6.54 Å². The van der Waals surface area contributed by atoms with Crippen molar-refractivity contribution in [1.29, 1.82) is 0 Å². The summed E-state index contributed by atoms with van der Waals surface area (Å²) in [5, 5.41) is 0. The van der Waals surface area contributed by atoms with E-state index in [4.69, 9.17) is 11.5 Å². The summed E-state index contributed by atoms with van der Waals surface area (Å²) in [5.41, 5.74) is 13.3. The molecular weight excluding hydrogens is 194 g/mol. The fourth-order valence-corrected chi connectivity index (χ4v) is 2.23. The van der Waals surface area contributed by atoms with Crippen molar-refractivity contribution < 1.29 is 0 Å². The van der Waals surface area contributed by atoms with Crippen molar-refractivity contribution in [2.24, 2.45) is 5.73 Å². The molecule has 0 spiro atoms. The lowest BCUT2D eigenvalue weighted by Crippen LogP contribution is -1.96. The van der Waals surface area contributed by atoms with Crippen LogP contribution < -0.4 is 11.5 Å². The van der Waals surface area contributed by atoms with Crippen LogP contribution in [0.15, 0.2) is 30.6 Å². The Morgan fingerprint density at radius 3 is 2.57 bits per heavy atom. The molecular formula is C10H11N3S. The maximum absolute atomic E-state index is 5.80. The van der Waals surface area contributed by atoms with E-state index < -0.39 is 0 Å². The van der Waals surface area contributed by atoms with Gasteiger partial charge < -0.3 is 11.5 Å². The molecule has 0 saturated heterocycles. The quantitative estimate of drug-likeness (QED) is 0.786. The molecule has 0 bridgehead atoms. The monoisotopic (exact) mass is 205 g/mol. The van der Waals surface area contributed by atoms with Gasteiger partial charge >= 0.3 is 0 Å². The Balaban J connectivity index is 2.43. The zero-order valence-electron chi connectivity index (χ0n) is 7.60. The van der Waals surface area contributed by atoms with Gasteiger partial charge in [-0.1, -0.05) is 0 Å². The van der Waals surface area contributed by atoms with Crippen molar-refractivity contribution in [1.82, 2.24) is 4.98 Å². The van der Waals surface area contributed by atoms with Crippen LogP contribution >= 0.6 is 11.3 Å². The predicted octanol–water partition coefficient (Wildman–Crippen LogP) is 1.85. The van der Waals surface area contributed by atoms with E-state index in [1.807, 2.05) is 18.2 Å². The number of thiophene rings is 1. The predicted molar refractivity (Wildman–Crippen MR) is 59.9 cm³/mol. The molecule has 0 unspecified atom stereocenters. The highest BCUT2D eigenvalue weighted by Gasteiger charge is 2.05. The molecule has 3 nitrogen and oxygen atoms in total. The molecule has 0 atom stereocenters. The van der Waals surface area contributed by atoms with Crippen LogP contribution in [0.4, 0.5) is 5.69 Å². The first-order valence-corrected chi connectivity index (χ1v) is 5.11. The third kappa shape index (κ3) is 1.62. The van der Waals surface area contributed by atoms with Crippen molar-refractivity contribution in [3.63, 3.8) is 0 Å². The van der Waals surface area contributed by atoms with Gasteiger partial charge in [-0.3, -0.25) is 4.98 Å². The number of nitrogens with two attached hydrogens (primary N) is 2. The van der Waals surface area contributed by atoms with Gasteiger partial charge in [0.2, 0.25) is 0 Å². The van der Waals surface area contributed by atoms with Gasteiger partial charge in [0, 0.05) is 34.4 Å². The fourth-order valence-electron chi connectivity index (χ4n) is 1.26. The third-order valence-electron chi connectivity index (χ3n) is 1.99. The molecule has 4 heteroatoms. The van der Waals surface area contributed by atoms with Crippen molar-refractivity contribution in [2.45, 2.75) is 6.54 Å². The summed E-state index contributed by atoms with van der Waals surface area (Å²) in [4.78, 5) is 6.15. The molecule has 0 aliphatic rings. The Morgan fingerprint density at radius 1 is 1.29 bits per heavy atom. The Bertz CT molecular complexity index is 422. The first kappa shape index (κ1) is 9.18. The molecule has 4 N–H and O–H groups in total. The molecule has 2 aromatic heterocycles. The maximum atomic E-state index is 5.80. The van der Waals surface area contributed by atoms with Gasteiger partial charge in [0.15, 0.2) is 0 Å². The van der Waals surface area contributed by atoms with E-state index in [1.54, 1.807) is 23.7 Å². The van der Waals surface area contributed by atoms with Gasteiger partial charge in [-0.05, 0) is 23.8 Å². The second-order valence-corrected chi connectivity index (χ2v) is 4.07. The highest BCUT2D eigenvalue weighted by Crippen LogP contribution is 2.32. The van der Waals surface area contributed by atoms with Gasteiger partial charge in [0.05, 0.1) is 0 Å². The summed E-state index contributed by atoms with van der Waals surface area (Å²) in [6, 6.07) is 5.89. The van der Waals surface area contributed by atoms with Crippen LogP contribution in [0.5, 0.6) is 0 Å². The second-order valence-electron chi connectivity index (χ2n) is 2.93. The molecule has 0 fully saturated rings. The smallest absolute Gasteiger partial charge is 0.0475 e. The van der Waals surface area contributed by atoms with Gasteiger partial charge in [0.25, 0.3) is 0 Å². The Labute approximate surface area is 86.4 Å². The van der Waals surface area contributed by atoms with Crippen molar-refractivity contribution in [3.8, 4) is 10.4 Å². The summed E-state index contributed by atoms with van der Waals surface area (Å²) in [5.74, 6) is 0. The second kappa shape index (κ2) is 3.77. The van der Waals surface area contributed by atoms with Gasteiger partial charge in [-0.2, -0.15) is 0 Å². The Morgan fingerprint density at radius 2 is 2.00 bits per heavy atom. The topological polar surface area (TPSA) is 64.9 Å². The van der Waals surface area contributed by atoms with E-state index in [0.29, 0.717) is 6.54 Å². The maximum Gasteiger partial charge on any atom is 0.0475 e. The third-order valence-corrected chi connectivity index (χ3v) is 3.21. The van der Waals surface area contributed by atoms with E-state index in [0.717, 1.165) is 21.0 Å². The van der Waals surface area contributed by atoms with Crippen LogP contribution in [0.1, 0.15) is 4.88 Å². The number of nitrogens with zero attached hydrogens (tertiary/aromatic N) is 1. The van der Waals surface area contributed by atoms with E-state index in [9.17, 15) is 0 Å². The van der Waals surface area contributed by atoms with Crippen LogP contribution in [0.3, 0.4) is 0 Å². The molecule has 2 rings (SSSR count). The lowest BCUT2D eigenvalue weighted by molar-refractivity contribution is 1.11. The normalized spacial score (nSPS) is 10.4. The molecule has 72 valence electrons. The number of aromatic nitrogens is 1. The number of anilines is 1. The molecule has 0 aromatic carbocycles. The van der Waals surface area contributed by atoms with Gasteiger partial charge in [0.1, 0.15) is 0 Å². The average Bonchev–Trinajstić information content (AvgIpc) is 2.61. The summed E-state index contributed by atoms with van der Waals surface area (Å²) >= 11 is 1.63. The molecule has 2 heterocycles. The van der Waals surface area contributed by atoms with Crippen LogP contribution in [0.25, 0.3) is 10.4 Å². The molecule has 2 aromatic rings. The Kier molecular flexibility index (Phi) is 2.47. The SMILES string of the molecule is NCc1sc(-c2ccncc2)cc1N. The summed E-state index contributed by atoms with van der Waals surface area (Å²) in [7, 11) is 0. The zero-order chi connectivity index (χ0) is 9.97. The van der Waals surface area contributed by atoms with Crippen molar-refractivity contribution in [3.05, 3.63) is 35.5 Å². The summed E-state index contributed by atoms with van der Waals surface area (Å²) in [6.45, 7) is 0.502. The van der Waals surface area contributed by atoms with Gasteiger partial charge in [-0.15, -0.1) is 11.3 Å². The van der Waals surface area contributed by atoms with E-state index >= 15 is 0 Å². The van der Waals surface area contributed by atoms with Crippen molar-refractivity contribution in [2.75, 3.05) is 5.73 Å². The minimum Gasteiger partial charge on any atom is -0.398 e. The molecule has 14 heavy (non-hydrogen) atoms. The minimum absolute atomic E-state index is 0.502. The van der Waals surface area contributed by atoms with Crippen LogP contribution in [0, 0.1) is 0 Å². The largest absolute Gasteiger partial charge is 0.398 e. The standard InChI is InChI=1S/C10H11N3S/c11-6-10-8(12)5-9(14-10)7-1-3-13-4-2-7/h1-5H,6,11-12H2. The molecule has 0 aliphatic carbocycles. The number of rotatable bonds is 2. The Hall–Kier alpha value is -1.39. The van der Waals surface area contributed by atoms with E-state index in [1.165, 1.54) is 0 Å². The number of hydrogen-bond donors (Lipinski definition) is 2. The lowest BCUT2D eigenvalue weighted by Gasteiger charge is -1.93. The summed E-state index contributed by atoms with van der Waals surface area (Å²) < 4.78 is 0. The fraction of sp³-hybridized carbons (Fsp3) is 0.100. The summed E-state index contributed by atoms with van der Waals surface area (Å²) in [6.07, 6.45) is 3.54. The average molecular weight is 205 g/mol. The first-order valence-electron chi connectivity index (χ1n) is 4.30. The lowest BCUT2D eigenvalue weighted by atomic mass is 10.2. The van der Waals surface area contributed by atoms with Crippen LogP contribution in [-0.4, -0.2) is 4.98 Å². The van der Waals surface area contributed by atoms with Crippen molar-refractivity contribution >= 4 is 17.0 Å². The highest BCUT2D eigenvalue weighted by molar-refractivity contribution is 7.16. The molecule has 0 saturated carbocycles. The van der Waals surface area contributed by atoms with E-state index in [-0.39, 0.29) is 0 Å². The van der Waals surface area contributed by atoms with Gasteiger partial charge in [-0.25, -0.2) is 0 Å². The first-order chi connectivity index (χ1) is 6.81. The molecule has 0 radical (unpaired) electrons. The number of nitrogen functional groups attached to an aromatic ring is 1. The zero-order valence-corrected chi connectivity index (χ0v) is 8.42. The number of pyridine rings is 1. The minimum atomic E-state index is 0.502. The molecule has 0 aliphatic heterocycles. The van der Waals surface area contributed by atoms with E-state index in [2.05, 4.69) is 4.98 Å². The number of hydrogen-bond acceptors (Lipinski definition) is 4. The molecule has 0 amide bonds. The van der Waals surface area contributed by atoms with Crippen LogP contribution in [0.2, 0.25) is 0 Å². The highest BCUT2D eigenvalue weighted by atomic mass is 32.1.